The minimum atomic E-state index is -0.276. The highest BCUT2D eigenvalue weighted by Crippen LogP contribution is 2.32. The quantitative estimate of drug-likeness (QED) is 0.173. The lowest BCUT2D eigenvalue weighted by molar-refractivity contribution is -0.107. The molecule has 0 fully saturated rings. The number of furan rings is 1. The molecule has 0 bridgehead atoms. The van der Waals surface area contributed by atoms with Gasteiger partial charge in [-0.2, -0.15) is 0 Å². The number of hydrogen-bond donors (Lipinski definition) is 2. The number of amides is 2. The van der Waals surface area contributed by atoms with Gasteiger partial charge in [0.1, 0.15) is 19.0 Å². The normalized spacial score (nSPS) is 10.7. The second-order valence-electron chi connectivity index (χ2n) is 7.81. The summed E-state index contributed by atoms with van der Waals surface area (Å²) < 4.78 is 22.4. The minimum absolute atomic E-state index is 0.221. The molecule has 0 radical (unpaired) electrons. The number of hydrogen-bond acceptors (Lipinski definition) is 7. The molecule has 0 atom stereocenters. The number of rotatable bonds is 12. The van der Waals surface area contributed by atoms with E-state index >= 15 is 0 Å². The molecule has 3 N–H and O–H groups in total. The van der Waals surface area contributed by atoms with Crippen LogP contribution in [0.1, 0.15) is 10.4 Å². The maximum Gasteiger partial charge on any atom is 0.255 e. The number of ether oxygens (including phenoxy) is 3. The SMILES string of the molecule is COCCOc1cccc2cc(N(C=O)CCOc3ccc(C(=O)Nc4ccccc4N)cc3)oc12. The monoisotopic (exact) mass is 489 g/mol. The summed E-state index contributed by atoms with van der Waals surface area (Å²) in [7, 11) is 1.60. The molecule has 1 aromatic heterocycles. The lowest BCUT2D eigenvalue weighted by Crippen LogP contribution is -2.26. The fourth-order valence-corrected chi connectivity index (χ4v) is 3.50. The van der Waals surface area contributed by atoms with E-state index in [0.717, 1.165) is 5.39 Å². The van der Waals surface area contributed by atoms with Crippen molar-refractivity contribution in [3.63, 3.8) is 0 Å². The average molecular weight is 490 g/mol. The van der Waals surface area contributed by atoms with E-state index in [0.29, 0.717) is 59.5 Å². The summed E-state index contributed by atoms with van der Waals surface area (Å²) in [5.74, 6) is 1.26. The van der Waals surface area contributed by atoms with E-state index in [9.17, 15) is 9.59 Å². The molecule has 186 valence electrons. The van der Waals surface area contributed by atoms with Gasteiger partial charge in [0.05, 0.1) is 24.5 Å². The van der Waals surface area contributed by atoms with E-state index < -0.39 is 0 Å². The molecule has 1 heterocycles. The number of carbonyl (C=O) groups is 2. The summed E-state index contributed by atoms with van der Waals surface area (Å²) in [6.45, 7) is 1.32. The van der Waals surface area contributed by atoms with Gasteiger partial charge in [0.2, 0.25) is 12.3 Å². The topological polar surface area (TPSA) is 116 Å². The minimum Gasteiger partial charge on any atom is -0.492 e. The fraction of sp³-hybridized carbons (Fsp3) is 0.185. The van der Waals surface area contributed by atoms with Crippen LogP contribution in [-0.4, -0.2) is 45.8 Å². The highest BCUT2D eigenvalue weighted by atomic mass is 16.5. The third-order valence-corrected chi connectivity index (χ3v) is 5.38. The van der Waals surface area contributed by atoms with E-state index in [1.54, 1.807) is 67.8 Å². The summed E-state index contributed by atoms with van der Waals surface area (Å²) in [4.78, 5) is 25.6. The maximum absolute atomic E-state index is 12.5. The summed E-state index contributed by atoms with van der Waals surface area (Å²) >= 11 is 0. The van der Waals surface area contributed by atoms with Crippen LogP contribution >= 0.6 is 0 Å². The fourth-order valence-electron chi connectivity index (χ4n) is 3.50. The molecule has 0 aliphatic rings. The number of carbonyl (C=O) groups excluding carboxylic acids is 2. The van der Waals surface area contributed by atoms with Crippen molar-refractivity contribution in [1.29, 1.82) is 0 Å². The molecule has 0 unspecified atom stereocenters. The molecule has 36 heavy (non-hydrogen) atoms. The first kappa shape index (κ1) is 24.6. The molecule has 3 aromatic carbocycles. The van der Waals surface area contributed by atoms with Crippen molar-refractivity contribution in [2.75, 3.05) is 49.4 Å². The lowest BCUT2D eigenvalue weighted by Gasteiger charge is -2.15. The van der Waals surface area contributed by atoms with Crippen molar-refractivity contribution in [2.45, 2.75) is 0 Å². The molecule has 0 spiro atoms. The third-order valence-electron chi connectivity index (χ3n) is 5.38. The van der Waals surface area contributed by atoms with Gasteiger partial charge in [-0.1, -0.05) is 24.3 Å². The zero-order valence-corrected chi connectivity index (χ0v) is 19.8. The van der Waals surface area contributed by atoms with Crippen LogP contribution < -0.4 is 25.4 Å². The first-order chi connectivity index (χ1) is 17.6. The molecule has 9 nitrogen and oxygen atoms in total. The smallest absolute Gasteiger partial charge is 0.255 e. The van der Waals surface area contributed by atoms with Crippen LogP contribution in [0.2, 0.25) is 0 Å². The Bertz CT molecular complexity index is 1320. The highest BCUT2D eigenvalue weighted by molar-refractivity contribution is 6.05. The van der Waals surface area contributed by atoms with E-state index in [1.165, 1.54) is 4.90 Å². The molecular formula is C27H27N3O6. The largest absolute Gasteiger partial charge is 0.492 e. The van der Waals surface area contributed by atoms with Gasteiger partial charge in [0, 0.05) is 24.1 Å². The van der Waals surface area contributed by atoms with Crippen LogP contribution in [0, 0.1) is 0 Å². The Morgan fingerprint density at radius 1 is 1.00 bits per heavy atom. The predicted molar refractivity (Wildman–Crippen MR) is 138 cm³/mol. The zero-order chi connectivity index (χ0) is 25.3. The average Bonchev–Trinajstić information content (AvgIpc) is 3.33. The van der Waals surface area contributed by atoms with E-state index in [2.05, 4.69) is 5.32 Å². The second kappa shape index (κ2) is 11.8. The Hall–Kier alpha value is -4.50. The van der Waals surface area contributed by atoms with Crippen molar-refractivity contribution in [1.82, 2.24) is 0 Å². The van der Waals surface area contributed by atoms with Crippen molar-refractivity contribution < 1.29 is 28.2 Å². The predicted octanol–water partition coefficient (Wildman–Crippen LogP) is 4.33. The van der Waals surface area contributed by atoms with Gasteiger partial charge in [0.25, 0.3) is 5.91 Å². The number of benzene rings is 3. The van der Waals surface area contributed by atoms with Crippen molar-refractivity contribution >= 4 is 40.5 Å². The van der Waals surface area contributed by atoms with Gasteiger partial charge in [-0.05, 0) is 42.5 Å². The van der Waals surface area contributed by atoms with Gasteiger partial charge >= 0.3 is 0 Å². The highest BCUT2D eigenvalue weighted by Gasteiger charge is 2.15. The number of para-hydroxylation sites is 3. The lowest BCUT2D eigenvalue weighted by atomic mass is 10.2. The third kappa shape index (κ3) is 5.94. The Balaban J connectivity index is 1.33. The number of nitrogens with one attached hydrogen (secondary N) is 1. The molecule has 4 rings (SSSR count). The maximum atomic E-state index is 12.5. The number of nitrogen functional groups attached to an aromatic ring is 1. The standard InChI is InChI=1S/C27H27N3O6/c1-33-15-16-35-24-8-4-5-20-17-25(36-26(20)24)30(18-31)13-14-34-21-11-9-19(10-12-21)27(32)29-23-7-3-2-6-22(23)28/h2-12,17-18H,13-16,28H2,1H3,(H,29,32). The van der Waals surface area contributed by atoms with Crippen molar-refractivity contribution in [3.8, 4) is 11.5 Å². The molecular weight excluding hydrogens is 462 g/mol. The Kier molecular flexibility index (Phi) is 8.05. The van der Waals surface area contributed by atoms with Crippen LogP contribution in [0.4, 0.5) is 17.3 Å². The Morgan fingerprint density at radius 2 is 1.81 bits per heavy atom. The number of anilines is 3. The van der Waals surface area contributed by atoms with E-state index in [1.807, 2.05) is 12.1 Å². The van der Waals surface area contributed by atoms with E-state index in [-0.39, 0.29) is 19.1 Å². The zero-order valence-electron chi connectivity index (χ0n) is 19.8. The molecule has 0 saturated carbocycles. The molecule has 9 heteroatoms. The van der Waals surface area contributed by atoms with Gasteiger partial charge in [0.15, 0.2) is 11.3 Å². The Morgan fingerprint density at radius 3 is 2.56 bits per heavy atom. The molecule has 4 aromatic rings. The summed E-state index contributed by atoms with van der Waals surface area (Å²) in [5.41, 5.74) is 7.94. The van der Waals surface area contributed by atoms with Crippen molar-refractivity contribution in [3.05, 3.63) is 78.4 Å². The number of nitrogens with two attached hydrogens (primary N) is 1. The van der Waals surface area contributed by atoms with Crippen LogP contribution in [0.25, 0.3) is 11.0 Å². The van der Waals surface area contributed by atoms with Gasteiger partial charge in [-0.25, -0.2) is 0 Å². The number of nitrogens with zero attached hydrogens (tertiary/aromatic N) is 1. The van der Waals surface area contributed by atoms with Crippen LogP contribution in [0.5, 0.6) is 11.5 Å². The summed E-state index contributed by atoms with van der Waals surface area (Å²) in [6.07, 6.45) is 0.690. The molecule has 0 aliphatic heterocycles. The molecule has 0 aliphatic carbocycles. The Labute approximate surface area is 208 Å². The van der Waals surface area contributed by atoms with Crippen LogP contribution in [0.3, 0.4) is 0 Å². The summed E-state index contributed by atoms with van der Waals surface area (Å²) in [6, 6.07) is 21.1. The van der Waals surface area contributed by atoms with Crippen LogP contribution in [-0.2, 0) is 9.53 Å². The summed E-state index contributed by atoms with van der Waals surface area (Å²) in [5, 5.41) is 3.60. The molecule has 0 saturated heterocycles. The first-order valence-corrected chi connectivity index (χ1v) is 11.3. The van der Waals surface area contributed by atoms with Gasteiger partial charge in [-0.3, -0.25) is 14.5 Å². The van der Waals surface area contributed by atoms with Crippen molar-refractivity contribution in [2.24, 2.45) is 0 Å². The van der Waals surface area contributed by atoms with Gasteiger partial charge in [-0.15, -0.1) is 0 Å². The second-order valence-corrected chi connectivity index (χ2v) is 7.81. The van der Waals surface area contributed by atoms with Crippen LogP contribution in [0.15, 0.2) is 77.2 Å². The number of methoxy groups -OCH3 is 1. The first-order valence-electron chi connectivity index (χ1n) is 11.3. The van der Waals surface area contributed by atoms with E-state index in [4.69, 9.17) is 24.4 Å². The number of fused-ring (bicyclic) bond motifs is 1. The van der Waals surface area contributed by atoms with Gasteiger partial charge < -0.3 is 29.7 Å². The molecule has 2 amide bonds.